The highest BCUT2D eigenvalue weighted by Gasteiger charge is 2.07. The number of aliphatic hydroxyl groups is 1. The first-order chi connectivity index (χ1) is 9.99. The van der Waals surface area contributed by atoms with Gasteiger partial charge in [-0.3, -0.25) is 4.79 Å². The Morgan fingerprint density at radius 3 is 2.90 bits per heavy atom. The Bertz CT molecular complexity index is 423. The second-order valence-electron chi connectivity index (χ2n) is 5.19. The topological polar surface area (TPSA) is 83.5 Å². The number of carbonyl (C=O) groups is 1. The lowest BCUT2D eigenvalue weighted by Gasteiger charge is -2.13. The number of rotatable bonds is 10. The van der Waals surface area contributed by atoms with E-state index in [1.807, 2.05) is 26.3 Å². The van der Waals surface area contributed by atoms with E-state index in [0.29, 0.717) is 13.2 Å². The van der Waals surface area contributed by atoms with Gasteiger partial charge in [0.05, 0.1) is 37.1 Å². The molecule has 0 radical (unpaired) electrons. The molecule has 0 aliphatic carbocycles. The van der Waals surface area contributed by atoms with Gasteiger partial charge in [0, 0.05) is 23.9 Å². The van der Waals surface area contributed by atoms with Crippen LogP contribution in [0.2, 0.25) is 0 Å². The van der Waals surface area contributed by atoms with E-state index in [1.54, 1.807) is 11.3 Å². The molecule has 1 rings (SSSR count). The molecule has 0 saturated heterocycles. The lowest BCUT2D eigenvalue weighted by Crippen LogP contribution is -2.40. The number of ether oxygens (including phenoxy) is 1. The summed E-state index contributed by atoms with van der Waals surface area (Å²) in [6.07, 6.45) is 0.201. The van der Waals surface area contributed by atoms with Crippen molar-refractivity contribution < 1.29 is 14.6 Å². The zero-order valence-electron chi connectivity index (χ0n) is 12.9. The van der Waals surface area contributed by atoms with Crippen molar-refractivity contribution in [2.24, 2.45) is 0 Å². The molecule has 1 aromatic rings. The van der Waals surface area contributed by atoms with Crippen LogP contribution in [0.25, 0.3) is 0 Å². The van der Waals surface area contributed by atoms with Crippen LogP contribution in [0.1, 0.15) is 24.4 Å². The first-order valence-electron chi connectivity index (χ1n) is 7.14. The SMILES string of the molecule is Cc1ncsc1CCOCC(O)CNCC(=O)NC(C)C. The van der Waals surface area contributed by atoms with Crippen LogP contribution in [0.5, 0.6) is 0 Å². The summed E-state index contributed by atoms with van der Waals surface area (Å²) in [6, 6.07) is 0.128. The van der Waals surface area contributed by atoms with Crippen LogP contribution >= 0.6 is 11.3 Å². The maximum atomic E-state index is 11.4. The van der Waals surface area contributed by atoms with E-state index in [-0.39, 0.29) is 25.1 Å². The molecule has 0 spiro atoms. The Morgan fingerprint density at radius 2 is 2.29 bits per heavy atom. The van der Waals surface area contributed by atoms with Gasteiger partial charge in [0.15, 0.2) is 0 Å². The summed E-state index contributed by atoms with van der Waals surface area (Å²) in [6.45, 7) is 7.16. The molecule has 1 heterocycles. The molecule has 1 amide bonds. The Morgan fingerprint density at radius 1 is 1.52 bits per heavy atom. The number of aliphatic hydroxyl groups excluding tert-OH is 1. The monoisotopic (exact) mass is 315 g/mol. The second kappa shape index (κ2) is 9.83. The van der Waals surface area contributed by atoms with Crippen LogP contribution < -0.4 is 10.6 Å². The van der Waals surface area contributed by atoms with Gasteiger partial charge < -0.3 is 20.5 Å². The molecule has 6 nitrogen and oxygen atoms in total. The largest absolute Gasteiger partial charge is 0.389 e. The van der Waals surface area contributed by atoms with Crippen LogP contribution in [0.3, 0.4) is 0 Å². The molecule has 120 valence electrons. The van der Waals surface area contributed by atoms with E-state index in [4.69, 9.17) is 4.74 Å². The highest BCUT2D eigenvalue weighted by molar-refractivity contribution is 7.09. The number of hydrogen-bond acceptors (Lipinski definition) is 6. The minimum atomic E-state index is -0.612. The Balaban J connectivity index is 2.02. The van der Waals surface area contributed by atoms with Crippen LogP contribution in [0.4, 0.5) is 0 Å². The van der Waals surface area contributed by atoms with Gasteiger partial charge in [-0.05, 0) is 20.8 Å². The molecule has 7 heteroatoms. The first-order valence-corrected chi connectivity index (χ1v) is 8.02. The Labute approximate surface area is 129 Å². The van der Waals surface area contributed by atoms with Crippen molar-refractivity contribution in [3.63, 3.8) is 0 Å². The van der Waals surface area contributed by atoms with E-state index in [9.17, 15) is 9.90 Å². The number of nitrogens with one attached hydrogen (secondary N) is 2. The fourth-order valence-electron chi connectivity index (χ4n) is 1.73. The minimum absolute atomic E-state index is 0.0706. The van der Waals surface area contributed by atoms with Crippen molar-refractivity contribution in [1.82, 2.24) is 15.6 Å². The molecule has 0 bridgehead atoms. The van der Waals surface area contributed by atoms with Gasteiger partial charge in [-0.15, -0.1) is 11.3 Å². The number of amides is 1. The standard InChI is InChI=1S/C14H25N3O3S/c1-10(2)17-14(19)7-15-6-12(18)8-20-5-4-13-11(3)16-9-21-13/h9-10,12,15,18H,4-8H2,1-3H3,(H,17,19). The van der Waals surface area contributed by atoms with E-state index in [2.05, 4.69) is 15.6 Å². The molecule has 3 N–H and O–H groups in total. The van der Waals surface area contributed by atoms with Gasteiger partial charge in [0.25, 0.3) is 0 Å². The number of aryl methyl sites for hydroxylation is 1. The zero-order chi connectivity index (χ0) is 15.7. The number of aromatic nitrogens is 1. The van der Waals surface area contributed by atoms with Crippen molar-refractivity contribution in [2.75, 3.05) is 26.3 Å². The van der Waals surface area contributed by atoms with Crippen molar-refractivity contribution in [3.05, 3.63) is 16.1 Å². The van der Waals surface area contributed by atoms with Crippen LogP contribution in [0, 0.1) is 6.92 Å². The highest BCUT2D eigenvalue weighted by Crippen LogP contribution is 2.12. The summed E-state index contributed by atoms with van der Waals surface area (Å²) in [5, 5.41) is 15.4. The predicted molar refractivity (Wildman–Crippen MR) is 83.5 cm³/mol. The predicted octanol–water partition coefficient (Wildman–Crippen LogP) is 0.486. The number of hydrogen-bond donors (Lipinski definition) is 3. The Hall–Kier alpha value is -1.02. The number of carbonyl (C=O) groups excluding carboxylic acids is 1. The van der Waals surface area contributed by atoms with E-state index in [1.165, 1.54) is 4.88 Å². The molecule has 1 atom stereocenters. The fraction of sp³-hybridized carbons (Fsp3) is 0.714. The van der Waals surface area contributed by atoms with Crippen molar-refractivity contribution in [2.45, 2.75) is 39.3 Å². The second-order valence-corrected chi connectivity index (χ2v) is 6.13. The van der Waals surface area contributed by atoms with Gasteiger partial charge in [-0.1, -0.05) is 0 Å². The molecular formula is C14H25N3O3S. The van der Waals surface area contributed by atoms with Gasteiger partial charge in [-0.2, -0.15) is 0 Å². The van der Waals surface area contributed by atoms with Crippen LogP contribution in [-0.4, -0.2) is 54.4 Å². The molecule has 21 heavy (non-hydrogen) atoms. The number of thiazole rings is 1. The van der Waals surface area contributed by atoms with Gasteiger partial charge >= 0.3 is 0 Å². The summed E-state index contributed by atoms with van der Waals surface area (Å²) in [5.41, 5.74) is 2.87. The lowest BCUT2D eigenvalue weighted by molar-refractivity contribution is -0.120. The molecule has 0 saturated carbocycles. The third-order valence-electron chi connectivity index (χ3n) is 2.74. The summed E-state index contributed by atoms with van der Waals surface area (Å²) >= 11 is 1.62. The molecule has 0 aliphatic rings. The summed E-state index contributed by atoms with van der Waals surface area (Å²) in [4.78, 5) is 16.8. The van der Waals surface area contributed by atoms with Gasteiger partial charge in [0.2, 0.25) is 5.91 Å². The van der Waals surface area contributed by atoms with E-state index in [0.717, 1.165) is 12.1 Å². The number of nitrogens with zero attached hydrogens (tertiary/aromatic N) is 1. The molecule has 0 aliphatic heterocycles. The van der Waals surface area contributed by atoms with Crippen molar-refractivity contribution >= 4 is 17.2 Å². The van der Waals surface area contributed by atoms with Crippen molar-refractivity contribution in [3.8, 4) is 0 Å². The third kappa shape index (κ3) is 8.11. The maximum absolute atomic E-state index is 11.4. The van der Waals surface area contributed by atoms with Crippen LogP contribution in [-0.2, 0) is 16.0 Å². The average molecular weight is 315 g/mol. The van der Waals surface area contributed by atoms with Gasteiger partial charge in [-0.25, -0.2) is 4.98 Å². The van der Waals surface area contributed by atoms with E-state index >= 15 is 0 Å². The minimum Gasteiger partial charge on any atom is -0.389 e. The fourth-order valence-corrected chi connectivity index (χ4v) is 2.50. The third-order valence-corrected chi connectivity index (χ3v) is 3.74. The van der Waals surface area contributed by atoms with E-state index < -0.39 is 6.10 Å². The average Bonchev–Trinajstić information content (AvgIpc) is 2.79. The van der Waals surface area contributed by atoms with Gasteiger partial charge in [0.1, 0.15) is 0 Å². The summed E-state index contributed by atoms with van der Waals surface area (Å²) in [5.74, 6) is -0.0706. The highest BCUT2D eigenvalue weighted by atomic mass is 32.1. The zero-order valence-corrected chi connectivity index (χ0v) is 13.7. The normalized spacial score (nSPS) is 12.6. The summed E-state index contributed by atoms with van der Waals surface area (Å²) < 4.78 is 5.43. The molecule has 1 aromatic heterocycles. The summed E-state index contributed by atoms with van der Waals surface area (Å²) in [7, 11) is 0. The molecule has 0 aromatic carbocycles. The maximum Gasteiger partial charge on any atom is 0.234 e. The smallest absolute Gasteiger partial charge is 0.234 e. The van der Waals surface area contributed by atoms with Crippen molar-refractivity contribution in [1.29, 1.82) is 0 Å². The Kier molecular flexibility index (Phi) is 8.44. The quantitative estimate of drug-likeness (QED) is 0.547. The first kappa shape index (κ1) is 18.0. The lowest BCUT2D eigenvalue weighted by atomic mass is 10.3. The van der Waals surface area contributed by atoms with Crippen LogP contribution in [0.15, 0.2) is 5.51 Å². The molecule has 1 unspecified atom stereocenters. The molecule has 0 fully saturated rings. The molecular weight excluding hydrogens is 290 g/mol.